The van der Waals surface area contributed by atoms with E-state index in [9.17, 15) is 0 Å². The van der Waals surface area contributed by atoms with Gasteiger partial charge >= 0.3 is 0 Å². The van der Waals surface area contributed by atoms with Gasteiger partial charge in [-0.25, -0.2) is 0 Å². The summed E-state index contributed by atoms with van der Waals surface area (Å²) in [4.78, 5) is 1.32. The first kappa shape index (κ1) is 12.6. The van der Waals surface area contributed by atoms with Crippen LogP contribution in [0.4, 0.5) is 5.69 Å². The van der Waals surface area contributed by atoms with Gasteiger partial charge in [-0.05, 0) is 49.3 Å². The highest BCUT2D eigenvalue weighted by Gasteiger charge is 2.22. The molecular formula is C17H19NS. The van der Waals surface area contributed by atoms with Gasteiger partial charge in [-0.1, -0.05) is 35.9 Å². The number of nitrogens with one attached hydrogen (secondary N) is 1. The summed E-state index contributed by atoms with van der Waals surface area (Å²) in [5, 5.41) is 3.72. The van der Waals surface area contributed by atoms with Crippen molar-refractivity contribution in [3.8, 4) is 0 Å². The highest BCUT2D eigenvalue weighted by atomic mass is 32.2. The zero-order chi connectivity index (χ0) is 13.2. The van der Waals surface area contributed by atoms with E-state index in [0.29, 0.717) is 6.04 Å². The molecule has 0 saturated carbocycles. The average Bonchev–Trinajstić information content (AvgIpc) is 2.82. The van der Waals surface area contributed by atoms with E-state index in [1.54, 1.807) is 11.8 Å². The van der Waals surface area contributed by atoms with Gasteiger partial charge in [0.1, 0.15) is 0 Å². The fraction of sp³-hybridized carbons (Fsp3) is 0.294. The number of fused-ring (bicyclic) bond motifs is 1. The van der Waals surface area contributed by atoms with Crippen LogP contribution in [0.2, 0.25) is 0 Å². The Balaban J connectivity index is 1.88. The molecule has 1 unspecified atom stereocenters. The van der Waals surface area contributed by atoms with Gasteiger partial charge in [-0.15, -0.1) is 11.8 Å². The molecule has 0 spiro atoms. The molecule has 2 aromatic rings. The van der Waals surface area contributed by atoms with Crippen LogP contribution in [-0.2, 0) is 6.42 Å². The monoisotopic (exact) mass is 269 g/mol. The molecule has 1 atom stereocenters. The second-order valence-electron chi connectivity index (χ2n) is 5.14. The molecule has 1 N–H and O–H groups in total. The summed E-state index contributed by atoms with van der Waals surface area (Å²) in [6.45, 7) is 2.17. The molecule has 0 saturated heterocycles. The summed E-state index contributed by atoms with van der Waals surface area (Å²) in [5.41, 5.74) is 5.60. The maximum Gasteiger partial charge on any atom is 0.0520 e. The van der Waals surface area contributed by atoms with Gasteiger partial charge < -0.3 is 5.32 Å². The largest absolute Gasteiger partial charge is 0.377 e. The Labute approximate surface area is 119 Å². The average molecular weight is 269 g/mol. The number of hydrogen-bond acceptors (Lipinski definition) is 2. The second-order valence-corrected chi connectivity index (χ2v) is 5.99. The first-order valence-electron chi connectivity index (χ1n) is 6.77. The van der Waals surface area contributed by atoms with Gasteiger partial charge in [-0.3, -0.25) is 0 Å². The minimum atomic E-state index is 0.461. The molecule has 1 aliphatic rings. The van der Waals surface area contributed by atoms with E-state index >= 15 is 0 Å². The van der Waals surface area contributed by atoms with Gasteiger partial charge in [0, 0.05) is 10.6 Å². The minimum Gasteiger partial charge on any atom is -0.377 e. The van der Waals surface area contributed by atoms with E-state index < -0.39 is 0 Å². The second kappa shape index (κ2) is 5.30. The molecule has 0 amide bonds. The van der Waals surface area contributed by atoms with Gasteiger partial charge in [0.05, 0.1) is 6.04 Å². The number of aryl methyl sites for hydroxylation is 2. The highest BCUT2D eigenvalue weighted by Crippen LogP contribution is 2.36. The smallest absolute Gasteiger partial charge is 0.0520 e. The van der Waals surface area contributed by atoms with Gasteiger partial charge in [0.15, 0.2) is 0 Å². The number of thioether (sulfide) groups is 1. The maximum atomic E-state index is 3.72. The molecule has 2 aromatic carbocycles. The van der Waals surface area contributed by atoms with E-state index in [1.807, 2.05) is 0 Å². The predicted octanol–water partition coefficient (Wildman–Crippen LogP) is 4.82. The zero-order valence-corrected chi connectivity index (χ0v) is 12.3. The summed E-state index contributed by atoms with van der Waals surface area (Å²) >= 11 is 1.80. The molecule has 0 bridgehead atoms. The van der Waals surface area contributed by atoms with Crippen molar-refractivity contribution in [1.82, 2.24) is 0 Å². The number of rotatable bonds is 3. The van der Waals surface area contributed by atoms with Gasteiger partial charge in [0.2, 0.25) is 0 Å². The van der Waals surface area contributed by atoms with Crippen LogP contribution < -0.4 is 5.32 Å². The summed E-state index contributed by atoms with van der Waals surface area (Å²) in [6.07, 6.45) is 4.52. The molecule has 0 aliphatic heterocycles. The van der Waals surface area contributed by atoms with E-state index in [-0.39, 0.29) is 0 Å². The fourth-order valence-electron chi connectivity index (χ4n) is 2.82. The lowest BCUT2D eigenvalue weighted by Crippen LogP contribution is -2.07. The number of para-hydroxylation sites is 1. The predicted molar refractivity (Wildman–Crippen MR) is 84.1 cm³/mol. The Bertz CT molecular complexity index is 592. The lowest BCUT2D eigenvalue weighted by atomic mass is 10.0. The molecule has 0 fully saturated rings. The van der Waals surface area contributed by atoms with Gasteiger partial charge in [0.25, 0.3) is 0 Å². The molecule has 0 radical (unpaired) electrons. The Morgan fingerprint density at radius 3 is 2.84 bits per heavy atom. The van der Waals surface area contributed by atoms with Crippen LogP contribution in [0.3, 0.4) is 0 Å². The van der Waals surface area contributed by atoms with Crippen LogP contribution >= 0.6 is 11.8 Å². The van der Waals surface area contributed by atoms with Crippen LogP contribution in [0, 0.1) is 6.92 Å². The molecule has 0 aromatic heterocycles. The number of anilines is 1. The third-order valence-electron chi connectivity index (χ3n) is 3.82. The van der Waals surface area contributed by atoms with Crippen molar-refractivity contribution in [2.75, 3.05) is 11.6 Å². The molecule has 1 aliphatic carbocycles. The van der Waals surface area contributed by atoms with E-state index in [1.165, 1.54) is 40.1 Å². The van der Waals surface area contributed by atoms with Crippen molar-refractivity contribution < 1.29 is 0 Å². The zero-order valence-electron chi connectivity index (χ0n) is 11.4. The summed E-state index contributed by atoms with van der Waals surface area (Å²) in [6, 6.07) is 15.9. The first-order valence-corrected chi connectivity index (χ1v) is 7.99. The number of benzene rings is 2. The quantitative estimate of drug-likeness (QED) is 0.802. The lowest BCUT2D eigenvalue weighted by Gasteiger charge is -2.18. The highest BCUT2D eigenvalue weighted by molar-refractivity contribution is 7.98. The van der Waals surface area contributed by atoms with Crippen LogP contribution in [-0.4, -0.2) is 6.26 Å². The van der Waals surface area contributed by atoms with Crippen molar-refractivity contribution in [3.05, 3.63) is 59.2 Å². The van der Waals surface area contributed by atoms with Crippen molar-refractivity contribution in [2.45, 2.75) is 30.7 Å². The topological polar surface area (TPSA) is 12.0 Å². The van der Waals surface area contributed by atoms with Crippen LogP contribution in [0.25, 0.3) is 0 Å². The van der Waals surface area contributed by atoms with Gasteiger partial charge in [-0.2, -0.15) is 0 Å². The Morgan fingerprint density at radius 2 is 2.00 bits per heavy atom. The SMILES string of the molecule is CSc1ccccc1NC1CCc2ccc(C)cc21. The molecule has 2 heteroatoms. The van der Waals surface area contributed by atoms with E-state index in [0.717, 1.165) is 0 Å². The van der Waals surface area contributed by atoms with Crippen molar-refractivity contribution in [1.29, 1.82) is 0 Å². The fourth-order valence-corrected chi connectivity index (χ4v) is 3.38. The Hall–Kier alpha value is -1.41. The third kappa shape index (κ3) is 2.50. The third-order valence-corrected chi connectivity index (χ3v) is 4.61. The molecule has 98 valence electrons. The van der Waals surface area contributed by atoms with E-state index in [4.69, 9.17) is 0 Å². The molecule has 19 heavy (non-hydrogen) atoms. The first-order chi connectivity index (χ1) is 9.28. The van der Waals surface area contributed by atoms with Crippen molar-refractivity contribution in [3.63, 3.8) is 0 Å². The summed E-state index contributed by atoms with van der Waals surface area (Å²) < 4.78 is 0. The van der Waals surface area contributed by atoms with Crippen LogP contribution in [0.5, 0.6) is 0 Å². The molecule has 0 heterocycles. The molecule has 1 nitrogen and oxygen atoms in total. The van der Waals surface area contributed by atoms with Crippen molar-refractivity contribution >= 4 is 17.4 Å². The lowest BCUT2D eigenvalue weighted by molar-refractivity contribution is 0.759. The maximum absolute atomic E-state index is 3.72. The Kier molecular flexibility index (Phi) is 3.52. The summed E-state index contributed by atoms with van der Waals surface area (Å²) in [5.74, 6) is 0. The van der Waals surface area contributed by atoms with Crippen LogP contribution in [0.1, 0.15) is 29.2 Å². The minimum absolute atomic E-state index is 0.461. The van der Waals surface area contributed by atoms with Crippen LogP contribution in [0.15, 0.2) is 47.4 Å². The number of hydrogen-bond donors (Lipinski definition) is 1. The molecular weight excluding hydrogens is 250 g/mol. The standard InChI is InChI=1S/C17H19NS/c1-12-7-8-13-9-10-15(14(13)11-12)18-16-5-3-4-6-17(16)19-2/h3-8,11,15,18H,9-10H2,1-2H3. The normalized spacial score (nSPS) is 17.3. The molecule has 3 rings (SSSR count). The van der Waals surface area contributed by atoms with E-state index in [2.05, 4.69) is 61.0 Å². The Morgan fingerprint density at radius 1 is 1.16 bits per heavy atom. The summed E-state index contributed by atoms with van der Waals surface area (Å²) in [7, 11) is 0. The van der Waals surface area contributed by atoms with Crippen molar-refractivity contribution in [2.24, 2.45) is 0 Å².